The topological polar surface area (TPSA) is 66.8 Å². The molecule has 2 unspecified atom stereocenters. The van der Waals surface area contributed by atoms with Crippen molar-refractivity contribution < 1.29 is 18.3 Å². The van der Waals surface area contributed by atoms with Crippen LogP contribution in [0.25, 0.3) is 0 Å². The van der Waals surface area contributed by atoms with Crippen LogP contribution in [0.4, 0.5) is 4.79 Å². The number of rotatable bonds is 2. The molecule has 0 bridgehead atoms. The van der Waals surface area contributed by atoms with Gasteiger partial charge in [0.15, 0.2) is 11.1 Å². The van der Waals surface area contributed by atoms with Gasteiger partial charge in [-0.05, 0) is 18.6 Å². The van der Waals surface area contributed by atoms with Crippen LogP contribution in [0.2, 0.25) is 0 Å². The van der Waals surface area contributed by atoms with Crippen molar-refractivity contribution in [1.29, 1.82) is 0 Å². The molecule has 17 heavy (non-hydrogen) atoms. The molecule has 0 spiro atoms. The van der Waals surface area contributed by atoms with Crippen LogP contribution in [-0.4, -0.2) is 38.1 Å². The quantitative estimate of drug-likeness (QED) is 0.813. The molecule has 0 saturated carbocycles. The second-order valence-corrected chi connectivity index (χ2v) is 5.03. The zero-order valence-corrected chi connectivity index (χ0v) is 9.93. The first-order valence-corrected chi connectivity index (χ1v) is 6.45. The van der Waals surface area contributed by atoms with Gasteiger partial charge < -0.3 is 14.2 Å². The van der Waals surface area contributed by atoms with Gasteiger partial charge in [0.1, 0.15) is 5.75 Å². The van der Waals surface area contributed by atoms with Gasteiger partial charge in [0, 0.05) is 13.1 Å². The average Bonchev–Trinajstić information content (AvgIpc) is 2.79. The smallest absolute Gasteiger partial charge is 0.410 e. The van der Waals surface area contributed by atoms with Gasteiger partial charge in [-0.15, -0.1) is 0 Å². The number of likely N-dealkylation sites (tertiary alicyclic amines) is 1. The average molecular weight is 255 g/mol. The Bertz CT molecular complexity index is 423. The summed E-state index contributed by atoms with van der Waals surface area (Å²) in [6, 6.07) is 8.76. The summed E-state index contributed by atoms with van der Waals surface area (Å²) in [5.74, 6) is 0.478. The molecule has 1 heterocycles. The van der Waals surface area contributed by atoms with Crippen molar-refractivity contribution in [3.63, 3.8) is 0 Å². The summed E-state index contributed by atoms with van der Waals surface area (Å²) in [5, 5.41) is -0.363. The van der Waals surface area contributed by atoms with Crippen molar-refractivity contribution in [3.8, 4) is 5.75 Å². The highest BCUT2D eigenvalue weighted by Gasteiger charge is 2.30. The predicted octanol–water partition coefficient (Wildman–Crippen LogP) is 1.48. The molecule has 1 aliphatic rings. The minimum absolute atomic E-state index is 0.273. The fourth-order valence-corrected chi connectivity index (χ4v) is 2.33. The largest absolute Gasteiger partial charge is 0.415 e. The first kappa shape index (κ1) is 12.1. The van der Waals surface area contributed by atoms with E-state index in [1.165, 1.54) is 4.90 Å². The predicted molar refractivity (Wildman–Crippen MR) is 63.2 cm³/mol. The molecule has 2 atom stereocenters. The maximum absolute atomic E-state index is 11.7. The lowest BCUT2D eigenvalue weighted by Gasteiger charge is -2.15. The molecule has 1 aromatic rings. The molecular weight excluding hydrogens is 242 g/mol. The van der Waals surface area contributed by atoms with Gasteiger partial charge in [-0.25, -0.2) is 9.00 Å². The SMILES string of the molecule is O=C(Oc1ccccc1)N1CCC(S(=O)O)C1. The van der Waals surface area contributed by atoms with E-state index >= 15 is 0 Å². The first-order valence-electron chi connectivity index (χ1n) is 5.28. The minimum Gasteiger partial charge on any atom is -0.410 e. The highest BCUT2D eigenvalue weighted by atomic mass is 32.2. The van der Waals surface area contributed by atoms with Gasteiger partial charge in [-0.2, -0.15) is 0 Å². The van der Waals surface area contributed by atoms with E-state index in [4.69, 9.17) is 9.29 Å². The van der Waals surface area contributed by atoms with Crippen LogP contribution in [0, 0.1) is 0 Å². The number of hydrogen-bond donors (Lipinski definition) is 1. The van der Waals surface area contributed by atoms with E-state index in [0.29, 0.717) is 18.7 Å². The van der Waals surface area contributed by atoms with Crippen molar-refractivity contribution in [3.05, 3.63) is 30.3 Å². The third-order valence-corrected chi connectivity index (χ3v) is 3.59. The standard InChI is InChI=1S/C11H13NO4S/c13-11(16-9-4-2-1-3-5-9)12-7-6-10(8-12)17(14)15/h1-5,10H,6-8H2,(H,14,15). The molecule has 92 valence electrons. The minimum atomic E-state index is -1.87. The zero-order chi connectivity index (χ0) is 12.3. The fourth-order valence-electron chi connectivity index (χ4n) is 1.71. The molecular formula is C11H13NO4S. The van der Waals surface area contributed by atoms with Crippen LogP contribution in [0.1, 0.15) is 6.42 Å². The van der Waals surface area contributed by atoms with Crippen LogP contribution in [0.15, 0.2) is 30.3 Å². The number of nitrogens with zero attached hydrogens (tertiary/aromatic N) is 1. The van der Waals surface area contributed by atoms with Crippen LogP contribution < -0.4 is 4.74 Å². The summed E-state index contributed by atoms with van der Waals surface area (Å²) in [6.45, 7) is 0.734. The fraction of sp³-hybridized carbons (Fsp3) is 0.364. The highest BCUT2D eigenvalue weighted by Crippen LogP contribution is 2.16. The molecule has 1 amide bonds. The molecule has 1 N–H and O–H groups in total. The lowest BCUT2D eigenvalue weighted by atomic mass is 10.3. The summed E-state index contributed by atoms with van der Waals surface area (Å²) < 4.78 is 24.9. The van der Waals surface area contributed by atoms with Gasteiger partial charge in [0.25, 0.3) is 0 Å². The molecule has 6 heteroatoms. The summed E-state index contributed by atoms with van der Waals surface area (Å²) in [7, 11) is 0. The van der Waals surface area contributed by atoms with Gasteiger partial charge in [-0.1, -0.05) is 18.2 Å². The highest BCUT2D eigenvalue weighted by molar-refractivity contribution is 7.79. The van der Waals surface area contributed by atoms with E-state index in [0.717, 1.165) is 0 Å². The molecule has 0 aromatic heterocycles. The summed E-state index contributed by atoms with van der Waals surface area (Å²) in [6.07, 6.45) is 0.0663. The van der Waals surface area contributed by atoms with Crippen LogP contribution >= 0.6 is 0 Å². The van der Waals surface area contributed by atoms with Crippen molar-refractivity contribution in [2.45, 2.75) is 11.7 Å². The molecule has 2 rings (SSSR count). The van der Waals surface area contributed by atoms with Gasteiger partial charge in [-0.3, -0.25) is 0 Å². The lowest BCUT2D eigenvalue weighted by molar-refractivity contribution is 0.163. The van der Waals surface area contributed by atoms with Crippen LogP contribution in [-0.2, 0) is 11.1 Å². The zero-order valence-electron chi connectivity index (χ0n) is 9.11. The van der Waals surface area contributed by atoms with Crippen molar-refractivity contribution in [2.24, 2.45) is 0 Å². The number of ether oxygens (including phenoxy) is 1. The van der Waals surface area contributed by atoms with Gasteiger partial charge in [0.2, 0.25) is 0 Å². The Morgan fingerprint density at radius 2 is 2.12 bits per heavy atom. The third kappa shape index (κ3) is 3.04. The maximum atomic E-state index is 11.7. The van der Waals surface area contributed by atoms with Crippen LogP contribution in [0.5, 0.6) is 5.75 Å². The van der Waals surface area contributed by atoms with E-state index in [9.17, 15) is 9.00 Å². The Morgan fingerprint density at radius 1 is 1.41 bits per heavy atom. The van der Waals surface area contributed by atoms with E-state index in [1.807, 2.05) is 6.07 Å². The lowest BCUT2D eigenvalue weighted by Crippen LogP contribution is -2.32. The van der Waals surface area contributed by atoms with Gasteiger partial charge in [0.05, 0.1) is 5.25 Å². The second-order valence-electron chi connectivity index (χ2n) is 3.81. The Hall–Kier alpha value is -1.40. The Kier molecular flexibility index (Phi) is 3.75. The van der Waals surface area contributed by atoms with E-state index in [-0.39, 0.29) is 11.8 Å². The summed E-state index contributed by atoms with van der Waals surface area (Å²) in [4.78, 5) is 13.2. The van der Waals surface area contributed by atoms with Crippen molar-refractivity contribution >= 4 is 17.2 Å². The first-order chi connectivity index (χ1) is 8.16. The number of para-hydroxylation sites is 1. The Balaban J connectivity index is 1.92. The van der Waals surface area contributed by atoms with Crippen LogP contribution in [0.3, 0.4) is 0 Å². The summed E-state index contributed by atoms with van der Waals surface area (Å²) >= 11 is -1.87. The number of carbonyl (C=O) groups is 1. The Morgan fingerprint density at radius 3 is 2.71 bits per heavy atom. The van der Waals surface area contributed by atoms with E-state index in [1.54, 1.807) is 24.3 Å². The number of benzene rings is 1. The molecule has 5 nitrogen and oxygen atoms in total. The second kappa shape index (κ2) is 5.29. The molecule has 1 aliphatic heterocycles. The Labute approximate surface area is 102 Å². The van der Waals surface area contributed by atoms with Crippen molar-refractivity contribution in [1.82, 2.24) is 4.90 Å². The third-order valence-electron chi connectivity index (χ3n) is 2.64. The number of hydrogen-bond acceptors (Lipinski definition) is 3. The monoisotopic (exact) mass is 255 g/mol. The normalized spacial score (nSPS) is 21.2. The van der Waals surface area contributed by atoms with E-state index < -0.39 is 17.2 Å². The molecule has 1 aromatic carbocycles. The molecule has 0 aliphatic carbocycles. The molecule has 1 saturated heterocycles. The van der Waals surface area contributed by atoms with E-state index in [2.05, 4.69) is 0 Å². The van der Waals surface area contributed by atoms with Crippen molar-refractivity contribution in [2.75, 3.05) is 13.1 Å². The summed E-state index contributed by atoms with van der Waals surface area (Å²) in [5.41, 5.74) is 0. The maximum Gasteiger partial charge on any atom is 0.415 e. The van der Waals surface area contributed by atoms with Gasteiger partial charge >= 0.3 is 6.09 Å². The molecule has 1 fully saturated rings. The number of carbonyl (C=O) groups excluding carboxylic acids is 1. The molecule has 0 radical (unpaired) electrons. The number of amides is 1.